The van der Waals surface area contributed by atoms with Crippen molar-refractivity contribution in [1.82, 2.24) is 10.6 Å². The molecule has 2 heterocycles. The zero-order valence-electron chi connectivity index (χ0n) is 33.5. The third kappa shape index (κ3) is 7.77. The van der Waals surface area contributed by atoms with E-state index < -0.39 is 29.3 Å². The first-order chi connectivity index (χ1) is 30.1. The second kappa shape index (κ2) is 16.6. The lowest BCUT2D eigenvalue weighted by atomic mass is 9.89. The summed E-state index contributed by atoms with van der Waals surface area (Å²) in [5.41, 5.74) is 2.41. The zero-order chi connectivity index (χ0) is 44.9. The predicted octanol–water partition coefficient (Wildman–Crippen LogP) is 8.25. The van der Waals surface area contributed by atoms with Crippen molar-refractivity contribution in [1.29, 1.82) is 0 Å². The van der Waals surface area contributed by atoms with Crippen molar-refractivity contribution in [2.75, 3.05) is 39.1 Å². The lowest BCUT2D eigenvalue weighted by molar-refractivity contribution is 0.0686. The van der Waals surface area contributed by atoms with Crippen LogP contribution < -0.4 is 26.3 Å². The molecule has 63 heavy (non-hydrogen) atoms. The van der Waals surface area contributed by atoms with Crippen LogP contribution in [0.4, 0.5) is 5.69 Å². The molecule has 16 heteroatoms. The number of anilines is 1. The van der Waals surface area contributed by atoms with E-state index >= 15 is 0 Å². The summed E-state index contributed by atoms with van der Waals surface area (Å²) in [6, 6.07) is 24.5. The van der Waals surface area contributed by atoms with E-state index in [0.717, 1.165) is 5.69 Å². The fourth-order valence-electron chi connectivity index (χ4n) is 7.57. The minimum atomic E-state index is -1.43. The number of halogens is 2. The maximum atomic E-state index is 13.6. The molecule has 0 fully saturated rings. The first-order valence-corrected chi connectivity index (χ1v) is 19.9. The summed E-state index contributed by atoms with van der Waals surface area (Å²) in [6.07, 6.45) is 0. The Morgan fingerprint density at radius 3 is 2.00 bits per heavy atom. The first-order valence-electron chi connectivity index (χ1n) is 19.1. The highest BCUT2D eigenvalue weighted by atomic mass is 35.5. The topological polar surface area (TPSA) is 212 Å². The molecule has 0 spiro atoms. The van der Waals surface area contributed by atoms with E-state index in [0.29, 0.717) is 49.7 Å². The normalized spacial score (nSPS) is 11.7. The van der Waals surface area contributed by atoms with Gasteiger partial charge in [0.05, 0.1) is 32.1 Å². The monoisotopic (exact) mass is 884 g/mol. The number of carboxylic acids is 2. The van der Waals surface area contributed by atoms with Crippen LogP contribution in [-0.4, -0.2) is 73.3 Å². The van der Waals surface area contributed by atoms with E-state index in [2.05, 4.69) is 15.6 Å². The summed E-state index contributed by atoms with van der Waals surface area (Å²) in [5, 5.41) is 37.5. The number of phenols is 1. The lowest BCUT2D eigenvalue weighted by Gasteiger charge is -2.21. The molecule has 0 atom stereocenters. The highest BCUT2D eigenvalue weighted by Gasteiger charge is 2.30. The molecule has 2 aliphatic carbocycles. The molecule has 0 saturated carbocycles. The Morgan fingerprint density at radius 2 is 1.30 bits per heavy atom. The SMILES string of the molecule is CN=c1ccc2c(-c3c(Cl)cc(C(=O)NCCNC(=O)c4ccc(-c5c6ccc(=O)cc-6oc6cc(O)ccc56)c(C(=O)O)c4)c(Cl)c3C(=O)O)c3ccc(N(C)C)cc3oc-2c1. The van der Waals surface area contributed by atoms with E-state index in [1.807, 2.05) is 31.1 Å². The Labute approximate surface area is 366 Å². The highest BCUT2D eigenvalue weighted by Crippen LogP contribution is 2.47. The summed E-state index contributed by atoms with van der Waals surface area (Å²) in [6.45, 7) is -0.256. The Balaban J connectivity index is 1.06. The number of benzene rings is 6. The predicted molar refractivity (Wildman–Crippen MR) is 239 cm³/mol. The molecule has 8 rings (SSSR count). The molecule has 5 N–H and O–H groups in total. The number of carbonyl (C=O) groups is 4. The number of aromatic carboxylic acids is 2. The number of rotatable bonds is 10. The number of nitrogens with zero attached hydrogens (tertiary/aromatic N) is 2. The molecule has 2 amide bonds. The van der Waals surface area contributed by atoms with Crippen LogP contribution in [-0.2, 0) is 0 Å². The molecular weight excluding hydrogens is 851 g/mol. The molecule has 316 valence electrons. The molecule has 0 aromatic heterocycles. The molecule has 4 aromatic rings. The number of aromatic hydroxyl groups is 1. The Morgan fingerprint density at radius 1 is 0.667 bits per heavy atom. The van der Waals surface area contributed by atoms with E-state index in [9.17, 15) is 39.3 Å². The summed E-state index contributed by atoms with van der Waals surface area (Å²) in [4.78, 5) is 70.9. The van der Waals surface area contributed by atoms with Crippen molar-refractivity contribution in [2.24, 2.45) is 4.99 Å². The molecule has 4 aromatic carbocycles. The lowest BCUT2D eigenvalue weighted by Crippen LogP contribution is -2.35. The smallest absolute Gasteiger partial charge is 0.337 e. The quantitative estimate of drug-likeness (QED) is 0.0652. The number of amides is 2. The molecule has 0 unspecified atom stereocenters. The maximum absolute atomic E-state index is 13.6. The second-order valence-electron chi connectivity index (χ2n) is 14.6. The van der Waals surface area contributed by atoms with Crippen LogP contribution in [0, 0.1) is 0 Å². The standard InChI is InChI=1S/C47H34Cl2N4O10/c1-50-23-5-10-30-35(17-23)62-36-18-24(53(2)3)6-11-31(36)40(30)41-34(48)21-33(43(49)42(41)47(60)61)45(57)52-15-14-51-44(56)22-4-9-27(32(16-22)46(58)59)39-28-12-7-25(54)19-37(28)63-38-20-26(55)8-13-29(38)39/h4-13,16-21,54H,14-15H2,1-3H3,(H,51,56)(H,52,57)(H,58,59)(H,60,61). The minimum absolute atomic E-state index is 0.000259. The highest BCUT2D eigenvalue weighted by molar-refractivity contribution is 6.41. The van der Waals surface area contributed by atoms with Crippen LogP contribution in [0.1, 0.15) is 41.4 Å². The van der Waals surface area contributed by atoms with Gasteiger partial charge in [-0.15, -0.1) is 0 Å². The van der Waals surface area contributed by atoms with Crippen molar-refractivity contribution >= 4 is 74.6 Å². The second-order valence-corrected chi connectivity index (χ2v) is 15.4. The Bertz CT molecular complexity index is 3300. The van der Waals surface area contributed by atoms with Gasteiger partial charge in [0.2, 0.25) is 0 Å². The average molecular weight is 886 g/mol. The molecule has 14 nitrogen and oxygen atoms in total. The van der Waals surface area contributed by atoms with Gasteiger partial charge in [-0.05, 0) is 72.3 Å². The number of carbonyl (C=O) groups excluding carboxylic acids is 2. The molecule has 4 aliphatic rings. The fourth-order valence-corrected chi connectivity index (χ4v) is 8.18. The summed E-state index contributed by atoms with van der Waals surface area (Å²) in [5.74, 6) is -3.70. The van der Waals surface area contributed by atoms with Crippen LogP contribution in [0.3, 0.4) is 0 Å². The van der Waals surface area contributed by atoms with E-state index in [-0.39, 0.29) is 73.5 Å². The van der Waals surface area contributed by atoms with Gasteiger partial charge in [0.25, 0.3) is 11.8 Å². The van der Waals surface area contributed by atoms with Crippen molar-refractivity contribution < 1.29 is 43.3 Å². The third-order valence-corrected chi connectivity index (χ3v) is 11.2. The van der Waals surface area contributed by atoms with Gasteiger partial charge in [0.1, 0.15) is 28.4 Å². The number of hydrogen-bond acceptors (Lipinski definition) is 10. The van der Waals surface area contributed by atoms with Crippen LogP contribution >= 0.6 is 23.2 Å². The van der Waals surface area contributed by atoms with Crippen LogP contribution in [0.25, 0.3) is 66.8 Å². The maximum Gasteiger partial charge on any atom is 0.337 e. The summed E-state index contributed by atoms with van der Waals surface area (Å²) >= 11 is 13.7. The largest absolute Gasteiger partial charge is 0.508 e. The van der Waals surface area contributed by atoms with Gasteiger partial charge >= 0.3 is 11.9 Å². The van der Waals surface area contributed by atoms with Gasteiger partial charge in [0.15, 0.2) is 5.43 Å². The van der Waals surface area contributed by atoms with Gasteiger partial charge in [-0.25, -0.2) is 9.59 Å². The zero-order valence-corrected chi connectivity index (χ0v) is 35.0. The van der Waals surface area contributed by atoms with Crippen LogP contribution in [0.15, 0.2) is 116 Å². The van der Waals surface area contributed by atoms with Crippen molar-refractivity contribution in [3.05, 3.63) is 145 Å². The number of fused-ring (bicyclic) bond motifs is 4. The number of hydrogen-bond donors (Lipinski definition) is 5. The first kappa shape index (κ1) is 42.0. The van der Waals surface area contributed by atoms with E-state index in [1.54, 1.807) is 37.4 Å². The van der Waals surface area contributed by atoms with Crippen LogP contribution in [0.2, 0.25) is 10.0 Å². The van der Waals surface area contributed by atoms with E-state index in [4.69, 9.17) is 32.0 Å². The minimum Gasteiger partial charge on any atom is -0.508 e. The summed E-state index contributed by atoms with van der Waals surface area (Å²) in [7, 11) is 5.38. The van der Waals surface area contributed by atoms with Crippen LogP contribution in [0.5, 0.6) is 5.75 Å². The Hall–Kier alpha value is -7.68. The van der Waals surface area contributed by atoms with Gasteiger partial charge in [-0.1, -0.05) is 29.3 Å². The Kier molecular flexibility index (Phi) is 11.1. The van der Waals surface area contributed by atoms with Crippen molar-refractivity contribution in [2.45, 2.75) is 0 Å². The van der Waals surface area contributed by atoms with Gasteiger partial charge < -0.3 is 39.7 Å². The number of nitrogens with one attached hydrogen (secondary N) is 2. The molecular formula is C47H34Cl2N4O10. The molecule has 2 aliphatic heterocycles. The van der Waals surface area contributed by atoms with E-state index in [1.165, 1.54) is 54.6 Å². The van der Waals surface area contributed by atoms with Gasteiger partial charge in [0, 0.05) is 108 Å². The molecule has 0 radical (unpaired) electrons. The molecule has 0 bridgehead atoms. The fraction of sp³-hybridized carbons (Fsp3) is 0.106. The molecule has 0 saturated heterocycles. The van der Waals surface area contributed by atoms with Crippen molar-refractivity contribution in [3.8, 4) is 50.7 Å². The number of carboxylic acid groups (broad SMARTS) is 2. The third-order valence-electron chi connectivity index (χ3n) is 10.5. The average Bonchev–Trinajstić information content (AvgIpc) is 3.25. The van der Waals surface area contributed by atoms with Crippen molar-refractivity contribution in [3.63, 3.8) is 0 Å². The summed E-state index contributed by atoms with van der Waals surface area (Å²) < 4.78 is 12.2. The number of phenolic OH excluding ortho intramolecular Hbond substituents is 1. The van der Waals surface area contributed by atoms with Gasteiger partial charge in [-0.2, -0.15) is 0 Å². The van der Waals surface area contributed by atoms with Gasteiger partial charge in [-0.3, -0.25) is 19.4 Å².